The van der Waals surface area contributed by atoms with Gasteiger partial charge in [-0.1, -0.05) is 15.9 Å². The van der Waals surface area contributed by atoms with Crippen LogP contribution in [0.5, 0.6) is 0 Å². The van der Waals surface area contributed by atoms with Crippen molar-refractivity contribution < 1.29 is 18.7 Å². The highest BCUT2D eigenvalue weighted by Gasteiger charge is 2.30. The van der Waals surface area contributed by atoms with Gasteiger partial charge in [0.05, 0.1) is 16.6 Å². The summed E-state index contributed by atoms with van der Waals surface area (Å²) < 4.78 is 19.3. The minimum absolute atomic E-state index is 0.0525. The van der Waals surface area contributed by atoms with Crippen molar-refractivity contribution in [3.63, 3.8) is 0 Å². The number of nitrogens with zero attached hydrogens (tertiary/aromatic N) is 1. The van der Waals surface area contributed by atoms with Crippen molar-refractivity contribution in [3.8, 4) is 0 Å². The topological polar surface area (TPSA) is 46.6 Å². The molecule has 0 aromatic heterocycles. The summed E-state index contributed by atoms with van der Waals surface area (Å²) in [4.78, 5) is 25.2. The molecule has 0 atom stereocenters. The van der Waals surface area contributed by atoms with E-state index in [2.05, 4.69) is 15.9 Å². The third-order valence-electron chi connectivity index (χ3n) is 3.10. The van der Waals surface area contributed by atoms with Crippen LogP contribution in [0.15, 0.2) is 12.1 Å². The maximum Gasteiger partial charge on any atom is 0.414 e. The van der Waals surface area contributed by atoms with Gasteiger partial charge in [-0.3, -0.25) is 9.69 Å². The van der Waals surface area contributed by atoms with Crippen LogP contribution in [0.4, 0.5) is 14.9 Å². The lowest BCUT2D eigenvalue weighted by Crippen LogP contribution is -2.35. The van der Waals surface area contributed by atoms with E-state index in [9.17, 15) is 14.0 Å². The highest BCUT2D eigenvalue weighted by Crippen LogP contribution is 2.32. The SMILES string of the molecule is CC(C)(C)OC(=O)N1CCc2cc(C(=O)CBr)c(F)cc21. The molecular weight excluding hydrogens is 341 g/mol. The van der Waals surface area contributed by atoms with Gasteiger partial charge in [0.15, 0.2) is 5.78 Å². The molecule has 1 aromatic rings. The standard InChI is InChI=1S/C15H17BrFNO3/c1-15(2,3)21-14(20)18-5-4-9-6-10(13(19)8-16)11(17)7-12(9)18/h6-7H,4-5,8H2,1-3H3. The molecular formula is C15H17BrFNO3. The maximum absolute atomic E-state index is 14.0. The van der Waals surface area contributed by atoms with Crippen molar-refractivity contribution in [2.45, 2.75) is 32.8 Å². The Kier molecular flexibility index (Phi) is 4.37. The predicted octanol–water partition coefficient (Wildman–Crippen LogP) is 3.70. The van der Waals surface area contributed by atoms with Crippen LogP contribution in [-0.4, -0.2) is 29.4 Å². The van der Waals surface area contributed by atoms with Crippen molar-refractivity contribution >= 4 is 33.5 Å². The molecule has 0 spiro atoms. The lowest BCUT2D eigenvalue weighted by molar-refractivity contribution is 0.0584. The summed E-state index contributed by atoms with van der Waals surface area (Å²) in [5.41, 5.74) is 0.709. The Labute approximate surface area is 131 Å². The maximum atomic E-state index is 14.0. The largest absolute Gasteiger partial charge is 0.443 e. The highest BCUT2D eigenvalue weighted by atomic mass is 79.9. The van der Waals surface area contributed by atoms with Crippen molar-refractivity contribution in [1.82, 2.24) is 0 Å². The molecule has 0 unspecified atom stereocenters. The number of benzene rings is 1. The number of ketones is 1. The van der Waals surface area contributed by atoms with Crippen LogP contribution in [0.25, 0.3) is 0 Å². The lowest BCUT2D eigenvalue weighted by atomic mass is 10.1. The van der Waals surface area contributed by atoms with E-state index in [1.807, 2.05) is 0 Å². The number of halogens is 2. The molecule has 4 nitrogen and oxygen atoms in total. The predicted molar refractivity (Wildman–Crippen MR) is 81.8 cm³/mol. The molecule has 0 bridgehead atoms. The van der Waals surface area contributed by atoms with E-state index in [4.69, 9.17) is 4.74 Å². The molecule has 114 valence electrons. The van der Waals surface area contributed by atoms with Gasteiger partial charge in [0.1, 0.15) is 11.4 Å². The van der Waals surface area contributed by atoms with Gasteiger partial charge < -0.3 is 4.74 Å². The highest BCUT2D eigenvalue weighted by molar-refractivity contribution is 9.09. The summed E-state index contributed by atoms with van der Waals surface area (Å²) in [6.07, 6.45) is 0.0810. The molecule has 0 fully saturated rings. The van der Waals surface area contributed by atoms with E-state index >= 15 is 0 Å². The molecule has 0 aliphatic carbocycles. The van der Waals surface area contributed by atoms with Gasteiger partial charge in [-0.15, -0.1) is 0 Å². The van der Waals surface area contributed by atoms with Gasteiger partial charge in [-0.25, -0.2) is 9.18 Å². The van der Waals surface area contributed by atoms with Gasteiger partial charge in [-0.2, -0.15) is 0 Å². The van der Waals surface area contributed by atoms with Crippen LogP contribution >= 0.6 is 15.9 Å². The van der Waals surface area contributed by atoms with Gasteiger partial charge in [0.25, 0.3) is 0 Å². The van der Waals surface area contributed by atoms with Crippen molar-refractivity contribution in [2.75, 3.05) is 16.8 Å². The molecule has 1 aliphatic rings. The van der Waals surface area contributed by atoms with E-state index in [1.54, 1.807) is 20.8 Å². The summed E-state index contributed by atoms with van der Waals surface area (Å²) in [5.74, 6) is -0.931. The third-order valence-corrected chi connectivity index (χ3v) is 3.61. The first kappa shape index (κ1) is 15.9. The summed E-state index contributed by atoms with van der Waals surface area (Å²) in [6, 6.07) is 2.76. The number of ether oxygens (including phenoxy) is 1. The van der Waals surface area contributed by atoms with Gasteiger partial charge in [-0.05, 0) is 44.9 Å². The van der Waals surface area contributed by atoms with Crippen molar-refractivity contribution in [3.05, 3.63) is 29.1 Å². The van der Waals surface area contributed by atoms with Crippen LogP contribution in [0.1, 0.15) is 36.7 Å². The fourth-order valence-electron chi connectivity index (χ4n) is 2.20. The zero-order valence-electron chi connectivity index (χ0n) is 12.2. The Balaban J connectivity index is 2.31. The number of hydrogen-bond acceptors (Lipinski definition) is 3. The Morgan fingerprint density at radius 3 is 2.62 bits per heavy atom. The molecule has 0 radical (unpaired) electrons. The average Bonchev–Trinajstić information content (AvgIpc) is 2.77. The third kappa shape index (κ3) is 3.43. The Morgan fingerprint density at radius 1 is 1.38 bits per heavy atom. The number of anilines is 1. The number of alkyl halides is 1. The van der Waals surface area contributed by atoms with E-state index < -0.39 is 17.5 Å². The second-order valence-corrected chi connectivity index (χ2v) is 6.46. The van der Waals surface area contributed by atoms with Crippen LogP contribution in [0, 0.1) is 5.82 Å². The number of carbonyl (C=O) groups is 2. The average molecular weight is 358 g/mol. The molecule has 0 N–H and O–H groups in total. The fourth-order valence-corrected chi connectivity index (χ4v) is 2.51. The van der Waals surface area contributed by atoms with E-state index in [1.165, 1.54) is 17.0 Å². The lowest BCUT2D eigenvalue weighted by Gasteiger charge is -2.24. The Bertz CT molecular complexity index is 595. The van der Waals surface area contributed by atoms with E-state index in [0.717, 1.165) is 5.56 Å². The molecule has 6 heteroatoms. The van der Waals surface area contributed by atoms with Crippen molar-refractivity contribution in [2.24, 2.45) is 0 Å². The van der Waals surface area contributed by atoms with E-state index in [-0.39, 0.29) is 16.7 Å². The summed E-state index contributed by atoms with van der Waals surface area (Å²) in [6.45, 7) is 5.76. The number of hydrogen-bond donors (Lipinski definition) is 0. The second kappa shape index (κ2) is 5.75. The second-order valence-electron chi connectivity index (χ2n) is 5.90. The summed E-state index contributed by atoms with van der Waals surface area (Å²) in [7, 11) is 0. The first-order chi connectivity index (χ1) is 9.73. The number of amides is 1. The van der Waals surface area contributed by atoms with Crippen LogP contribution in [0.3, 0.4) is 0 Å². The first-order valence-corrected chi connectivity index (χ1v) is 7.77. The number of carbonyl (C=O) groups excluding carboxylic acids is 2. The van der Waals surface area contributed by atoms with Crippen LogP contribution in [0.2, 0.25) is 0 Å². The van der Waals surface area contributed by atoms with Gasteiger partial charge in [0.2, 0.25) is 0 Å². The molecule has 1 heterocycles. The quantitative estimate of drug-likeness (QED) is 0.598. The van der Waals surface area contributed by atoms with Gasteiger partial charge in [0, 0.05) is 6.54 Å². The molecule has 2 rings (SSSR count). The molecule has 0 saturated carbocycles. The van der Waals surface area contributed by atoms with Gasteiger partial charge >= 0.3 is 6.09 Å². The number of rotatable bonds is 2. The van der Waals surface area contributed by atoms with E-state index in [0.29, 0.717) is 18.7 Å². The molecule has 1 amide bonds. The minimum Gasteiger partial charge on any atom is -0.443 e. The first-order valence-electron chi connectivity index (χ1n) is 6.65. The number of fused-ring (bicyclic) bond motifs is 1. The molecule has 0 saturated heterocycles. The fraction of sp³-hybridized carbons (Fsp3) is 0.467. The monoisotopic (exact) mass is 357 g/mol. The smallest absolute Gasteiger partial charge is 0.414 e. The van der Waals surface area contributed by atoms with Crippen molar-refractivity contribution in [1.29, 1.82) is 0 Å². The summed E-state index contributed by atoms with van der Waals surface area (Å²) in [5, 5.41) is 0.0679. The normalized spacial score (nSPS) is 14.0. The zero-order chi connectivity index (χ0) is 15.8. The number of Topliss-reactive ketones (excluding diaryl/α,β-unsaturated/α-hetero) is 1. The molecule has 1 aliphatic heterocycles. The van der Waals surface area contributed by atoms with Crippen LogP contribution in [-0.2, 0) is 11.2 Å². The Hall–Kier alpha value is -1.43. The van der Waals surface area contributed by atoms with Crippen LogP contribution < -0.4 is 4.90 Å². The minimum atomic E-state index is -0.617. The summed E-state index contributed by atoms with van der Waals surface area (Å²) >= 11 is 3.03. The Morgan fingerprint density at radius 2 is 2.05 bits per heavy atom. The zero-order valence-corrected chi connectivity index (χ0v) is 13.8. The molecule has 21 heavy (non-hydrogen) atoms. The molecule has 1 aromatic carbocycles.